The normalized spacial score (nSPS) is 12.2. The molecule has 0 aromatic rings. The predicted molar refractivity (Wildman–Crippen MR) is 52.6 cm³/mol. The molecule has 12 heavy (non-hydrogen) atoms. The van der Waals surface area contributed by atoms with Crippen LogP contribution >= 0.6 is 0 Å². The molecule has 4 heteroatoms. The van der Waals surface area contributed by atoms with Crippen molar-refractivity contribution in [2.75, 3.05) is 6.54 Å². The quantitative estimate of drug-likeness (QED) is 0.287. The maximum Gasteiger partial charge on any atom is 0.138 e. The summed E-state index contributed by atoms with van der Waals surface area (Å²) in [6.07, 6.45) is 0.849. The zero-order chi connectivity index (χ0) is 9.56. The molecule has 4 nitrogen and oxygen atoms in total. The third-order valence-electron chi connectivity index (χ3n) is 1.59. The first-order valence-corrected chi connectivity index (χ1v) is 4.46. The van der Waals surface area contributed by atoms with Gasteiger partial charge in [0.25, 0.3) is 0 Å². The van der Waals surface area contributed by atoms with E-state index in [0.717, 1.165) is 18.8 Å². The van der Waals surface area contributed by atoms with E-state index < -0.39 is 0 Å². The van der Waals surface area contributed by atoms with Crippen LogP contribution in [0.4, 0.5) is 0 Å². The SMILES string of the molecule is CCNN(/C(CC)=N\N)C(C)C. The van der Waals surface area contributed by atoms with Crippen LogP contribution in [-0.4, -0.2) is 23.4 Å². The molecule has 0 spiro atoms. The third kappa shape index (κ3) is 3.09. The Kier molecular flexibility index (Phi) is 5.45. The molecule has 0 aromatic carbocycles. The van der Waals surface area contributed by atoms with Gasteiger partial charge in [0.2, 0.25) is 0 Å². The van der Waals surface area contributed by atoms with Crippen molar-refractivity contribution in [3.05, 3.63) is 0 Å². The molecule has 0 amide bonds. The average Bonchev–Trinajstić information content (AvgIpc) is 2.05. The van der Waals surface area contributed by atoms with Gasteiger partial charge in [-0.1, -0.05) is 13.8 Å². The van der Waals surface area contributed by atoms with E-state index in [1.165, 1.54) is 0 Å². The van der Waals surface area contributed by atoms with Crippen LogP contribution in [0.1, 0.15) is 34.1 Å². The molecular weight excluding hydrogens is 152 g/mol. The molecule has 0 rings (SSSR count). The van der Waals surface area contributed by atoms with Gasteiger partial charge in [-0.05, 0) is 13.8 Å². The van der Waals surface area contributed by atoms with Gasteiger partial charge in [0.1, 0.15) is 5.84 Å². The zero-order valence-electron chi connectivity index (χ0n) is 8.46. The van der Waals surface area contributed by atoms with Crippen LogP contribution in [0.2, 0.25) is 0 Å². The summed E-state index contributed by atoms with van der Waals surface area (Å²) in [4.78, 5) is 0. The van der Waals surface area contributed by atoms with E-state index in [1.54, 1.807) is 0 Å². The third-order valence-corrected chi connectivity index (χ3v) is 1.59. The first-order valence-electron chi connectivity index (χ1n) is 4.46. The van der Waals surface area contributed by atoms with Crippen molar-refractivity contribution in [3.63, 3.8) is 0 Å². The highest BCUT2D eigenvalue weighted by Crippen LogP contribution is 1.98. The topological polar surface area (TPSA) is 53.6 Å². The fourth-order valence-electron chi connectivity index (χ4n) is 1.07. The van der Waals surface area contributed by atoms with Crippen LogP contribution in [-0.2, 0) is 0 Å². The molecule has 0 saturated carbocycles. The summed E-state index contributed by atoms with van der Waals surface area (Å²) in [5, 5.41) is 5.73. The summed E-state index contributed by atoms with van der Waals surface area (Å²) in [5.74, 6) is 6.15. The molecule has 0 aliphatic rings. The minimum Gasteiger partial charge on any atom is -0.322 e. The van der Waals surface area contributed by atoms with Crippen molar-refractivity contribution in [1.29, 1.82) is 0 Å². The lowest BCUT2D eigenvalue weighted by atomic mass is 10.3. The lowest BCUT2D eigenvalue weighted by molar-refractivity contribution is 0.255. The molecule has 0 radical (unpaired) electrons. The molecular formula is C8H20N4. The molecule has 72 valence electrons. The largest absolute Gasteiger partial charge is 0.322 e. The molecule has 0 heterocycles. The number of amidine groups is 1. The first kappa shape index (κ1) is 11.2. The summed E-state index contributed by atoms with van der Waals surface area (Å²) in [5.41, 5.74) is 3.21. The fraction of sp³-hybridized carbons (Fsp3) is 0.875. The molecule has 0 fully saturated rings. The van der Waals surface area contributed by atoms with Crippen molar-refractivity contribution < 1.29 is 0 Å². The average molecular weight is 172 g/mol. The van der Waals surface area contributed by atoms with Gasteiger partial charge in [0, 0.05) is 19.0 Å². The Balaban J connectivity index is 4.27. The van der Waals surface area contributed by atoms with Crippen molar-refractivity contribution in [2.45, 2.75) is 40.2 Å². The highest BCUT2D eigenvalue weighted by molar-refractivity contribution is 5.81. The fourth-order valence-corrected chi connectivity index (χ4v) is 1.07. The van der Waals surface area contributed by atoms with E-state index >= 15 is 0 Å². The van der Waals surface area contributed by atoms with Crippen LogP contribution in [0.25, 0.3) is 0 Å². The van der Waals surface area contributed by atoms with Gasteiger partial charge in [-0.3, -0.25) is 5.01 Å². The molecule has 0 bridgehead atoms. The van der Waals surface area contributed by atoms with Gasteiger partial charge in [-0.25, -0.2) is 5.43 Å². The number of hydrazine groups is 1. The predicted octanol–water partition coefficient (Wildman–Crippen LogP) is 0.904. The smallest absolute Gasteiger partial charge is 0.138 e. The van der Waals surface area contributed by atoms with Crippen LogP contribution in [0, 0.1) is 0 Å². The highest BCUT2D eigenvalue weighted by atomic mass is 15.5. The number of hydrogen-bond acceptors (Lipinski definition) is 3. The minimum atomic E-state index is 0.382. The monoisotopic (exact) mass is 172 g/mol. The van der Waals surface area contributed by atoms with E-state index in [9.17, 15) is 0 Å². The van der Waals surface area contributed by atoms with Crippen LogP contribution in [0.3, 0.4) is 0 Å². The second-order valence-electron chi connectivity index (χ2n) is 2.87. The van der Waals surface area contributed by atoms with Gasteiger partial charge < -0.3 is 5.84 Å². The van der Waals surface area contributed by atoms with E-state index in [-0.39, 0.29) is 0 Å². The van der Waals surface area contributed by atoms with Crippen LogP contribution < -0.4 is 11.3 Å². The van der Waals surface area contributed by atoms with E-state index in [1.807, 2.05) is 11.9 Å². The number of nitrogens with one attached hydrogen (secondary N) is 1. The Morgan fingerprint density at radius 3 is 2.33 bits per heavy atom. The van der Waals surface area contributed by atoms with E-state index in [4.69, 9.17) is 5.84 Å². The summed E-state index contributed by atoms with van der Waals surface area (Å²) in [6, 6.07) is 0.382. The Morgan fingerprint density at radius 1 is 1.50 bits per heavy atom. The summed E-state index contributed by atoms with van der Waals surface area (Å²) < 4.78 is 0. The zero-order valence-corrected chi connectivity index (χ0v) is 8.46. The number of nitrogens with two attached hydrogens (primary N) is 1. The first-order chi connectivity index (χ1) is 5.67. The molecule has 0 aliphatic carbocycles. The number of hydrazone groups is 1. The van der Waals surface area contributed by atoms with E-state index in [0.29, 0.717) is 6.04 Å². The van der Waals surface area contributed by atoms with Crippen LogP contribution in [0.5, 0.6) is 0 Å². The summed E-state index contributed by atoms with van der Waals surface area (Å²) >= 11 is 0. The van der Waals surface area contributed by atoms with E-state index in [2.05, 4.69) is 31.3 Å². The highest BCUT2D eigenvalue weighted by Gasteiger charge is 2.11. The molecule has 0 atom stereocenters. The maximum atomic E-state index is 5.26. The molecule has 0 aliphatic heterocycles. The van der Waals surface area contributed by atoms with Crippen LogP contribution in [0.15, 0.2) is 5.10 Å². The van der Waals surface area contributed by atoms with Crippen molar-refractivity contribution in [3.8, 4) is 0 Å². The minimum absolute atomic E-state index is 0.382. The van der Waals surface area contributed by atoms with Crippen molar-refractivity contribution in [2.24, 2.45) is 10.9 Å². The second-order valence-corrected chi connectivity index (χ2v) is 2.87. The Morgan fingerprint density at radius 2 is 2.08 bits per heavy atom. The Labute approximate surface area is 74.8 Å². The Bertz CT molecular complexity index is 142. The van der Waals surface area contributed by atoms with Gasteiger partial charge in [0.15, 0.2) is 0 Å². The molecule has 0 saturated heterocycles. The summed E-state index contributed by atoms with van der Waals surface area (Å²) in [6.45, 7) is 9.18. The van der Waals surface area contributed by atoms with Crippen molar-refractivity contribution >= 4 is 5.84 Å². The number of rotatable bonds is 4. The van der Waals surface area contributed by atoms with Gasteiger partial charge in [0.05, 0.1) is 0 Å². The lowest BCUT2D eigenvalue weighted by Gasteiger charge is -2.28. The Hall–Kier alpha value is -0.770. The lowest BCUT2D eigenvalue weighted by Crippen LogP contribution is -2.47. The van der Waals surface area contributed by atoms with Crippen molar-refractivity contribution in [1.82, 2.24) is 10.4 Å². The molecule has 0 aromatic heterocycles. The number of nitrogens with zero attached hydrogens (tertiary/aromatic N) is 2. The standard InChI is InChI=1S/C8H20N4/c1-5-8(11-9)12(7(3)4)10-6-2/h7,10H,5-6,9H2,1-4H3/b11-8-. The maximum absolute atomic E-state index is 5.26. The van der Waals surface area contributed by atoms with Gasteiger partial charge in [-0.2, -0.15) is 5.10 Å². The summed E-state index contributed by atoms with van der Waals surface area (Å²) in [7, 11) is 0. The molecule has 0 unspecified atom stereocenters. The second kappa shape index (κ2) is 5.83. The molecule has 3 N–H and O–H groups in total. The number of hydrogen-bond donors (Lipinski definition) is 2. The van der Waals surface area contributed by atoms with Gasteiger partial charge in [-0.15, -0.1) is 0 Å². The van der Waals surface area contributed by atoms with Gasteiger partial charge >= 0.3 is 0 Å².